The molecule has 0 atom stereocenters. The molecule has 0 aromatic heterocycles. The molecule has 1 saturated heterocycles. The summed E-state index contributed by atoms with van der Waals surface area (Å²) in [5.74, 6) is 1.44. The van der Waals surface area contributed by atoms with Crippen molar-refractivity contribution in [1.82, 2.24) is 10.2 Å². The second-order valence-electron chi connectivity index (χ2n) is 5.16. The lowest BCUT2D eigenvalue weighted by Gasteiger charge is -2.30. The molecule has 8 heteroatoms. The number of carbonyl (C=O) groups excluding carboxylic acids is 1. The second kappa shape index (κ2) is 7.26. The summed E-state index contributed by atoms with van der Waals surface area (Å²) in [6.45, 7) is 5.02. The second-order valence-corrected chi connectivity index (χ2v) is 6.25. The van der Waals surface area contributed by atoms with Gasteiger partial charge in [0.15, 0.2) is 5.84 Å². The number of esters is 1. The van der Waals surface area contributed by atoms with E-state index in [1.165, 1.54) is 7.11 Å². The lowest BCUT2D eigenvalue weighted by molar-refractivity contribution is -0.136. The van der Waals surface area contributed by atoms with Crippen molar-refractivity contribution in [2.75, 3.05) is 58.8 Å². The Morgan fingerprint density at radius 3 is 2.91 bits per heavy atom. The molecule has 3 rings (SSSR count). The monoisotopic (exact) mass is 324 g/mol. The summed E-state index contributed by atoms with van der Waals surface area (Å²) in [7, 11) is 1.40. The van der Waals surface area contributed by atoms with Crippen LogP contribution >= 0.6 is 11.8 Å². The van der Waals surface area contributed by atoms with Gasteiger partial charge in [0.2, 0.25) is 0 Å². The van der Waals surface area contributed by atoms with Crippen LogP contribution in [0.2, 0.25) is 0 Å². The fourth-order valence-corrected chi connectivity index (χ4v) is 3.35. The van der Waals surface area contributed by atoms with Crippen molar-refractivity contribution < 1.29 is 14.3 Å². The minimum absolute atomic E-state index is 0.320. The van der Waals surface area contributed by atoms with Crippen LogP contribution in [-0.2, 0) is 14.3 Å². The Hall–Kier alpha value is -1.38. The first-order valence-corrected chi connectivity index (χ1v) is 8.36. The average molecular weight is 324 g/mol. The number of morpholine rings is 1. The van der Waals surface area contributed by atoms with E-state index in [0.29, 0.717) is 18.7 Å². The summed E-state index contributed by atoms with van der Waals surface area (Å²) >= 11 is 1.70. The SMILES string of the molecule is COC(=O)C1=C(CN2CCOCC2)NC(C2=NCCS2)=NC1. The molecule has 0 aromatic carbocycles. The van der Waals surface area contributed by atoms with Crippen LogP contribution in [0, 0.1) is 0 Å². The molecule has 0 aliphatic carbocycles. The number of carbonyl (C=O) groups is 1. The number of hydrogen-bond acceptors (Lipinski definition) is 8. The summed E-state index contributed by atoms with van der Waals surface area (Å²) in [4.78, 5) is 23.1. The van der Waals surface area contributed by atoms with E-state index < -0.39 is 0 Å². The molecule has 1 fully saturated rings. The Balaban J connectivity index is 1.75. The van der Waals surface area contributed by atoms with E-state index in [1.54, 1.807) is 11.8 Å². The van der Waals surface area contributed by atoms with Crippen LogP contribution in [0.25, 0.3) is 0 Å². The van der Waals surface area contributed by atoms with E-state index in [2.05, 4.69) is 20.2 Å². The Kier molecular flexibility index (Phi) is 5.12. The number of nitrogens with zero attached hydrogens (tertiary/aromatic N) is 3. The number of thioether (sulfide) groups is 1. The van der Waals surface area contributed by atoms with Crippen LogP contribution in [0.3, 0.4) is 0 Å². The van der Waals surface area contributed by atoms with Crippen molar-refractivity contribution in [3.8, 4) is 0 Å². The zero-order chi connectivity index (χ0) is 15.4. The zero-order valence-electron chi connectivity index (χ0n) is 12.6. The number of hydrogen-bond donors (Lipinski definition) is 1. The van der Waals surface area contributed by atoms with Crippen molar-refractivity contribution in [2.24, 2.45) is 9.98 Å². The van der Waals surface area contributed by atoms with E-state index in [-0.39, 0.29) is 5.97 Å². The van der Waals surface area contributed by atoms with Gasteiger partial charge >= 0.3 is 5.97 Å². The van der Waals surface area contributed by atoms with Gasteiger partial charge in [-0.05, 0) is 0 Å². The maximum atomic E-state index is 12.0. The fraction of sp³-hybridized carbons (Fsp3) is 0.643. The molecule has 120 valence electrons. The minimum atomic E-state index is -0.320. The Bertz CT molecular complexity index is 538. The highest BCUT2D eigenvalue weighted by Crippen LogP contribution is 2.18. The van der Waals surface area contributed by atoms with Crippen LogP contribution in [-0.4, -0.2) is 80.5 Å². The molecule has 3 aliphatic heterocycles. The number of amidine groups is 1. The standard InChI is InChI=1S/C14H20N4O3S/c1-20-14(19)10-8-16-12(13-15-2-7-22-13)17-11(10)9-18-3-5-21-6-4-18/h2-9H2,1H3,(H,16,17). The Morgan fingerprint density at radius 1 is 1.41 bits per heavy atom. The lowest BCUT2D eigenvalue weighted by atomic mass is 10.1. The lowest BCUT2D eigenvalue weighted by Crippen LogP contribution is -2.43. The summed E-state index contributed by atoms with van der Waals surface area (Å²) in [6, 6.07) is 0. The van der Waals surface area contributed by atoms with Gasteiger partial charge in [-0.2, -0.15) is 0 Å². The molecule has 0 bridgehead atoms. The average Bonchev–Trinajstić information content (AvgIpc) is 3.09. The van der Waals surface area contributed by atoms with Crippen LogP contribution in [0.1, 0.15) is 0 Å². The number of rotatable bonds is 4. The van der Waals surface area contributed by atoms with Crippen molar-refractivity contribution in [3.63, 3.8) is 0 Å². The maximum Gasteiger partial charge on any atom is 0.337 e. The van der Waals surface area contributed by atoms with Gasteiger partial charge in [0.05, 0.1) is 32.4 Å². The highest BCUT2D eigenvalue weighted by atomic mass is 32.2. The van der Waals surface area contributed by atoms with Crippen molar-refractivity contribution in [2.45, 2.75) is 0 Å². The molecule has 0 radical (unpaired) electrons. The van der Waals surface area contributed by atoms with E-state index in [1.807, 2.05) is 0 Å². The molecule has 0 aromatic rings. The molecule has 22 heavy (non-hydrogen) atoms. The van der Waals surface area contributed by atoms with Gasteiger partial charge < -0.3 is 14.8 Å². The largest absolute Gasteiger partial charge is 0.466 e. The quantitative estimate of drug-likeness (QED) is 0.728. The van der Waals surface area contributed by atoms with E-state index in [9.17, 15) is 4.79 Å². The molecule has 0 spiro atoms. The molecule has 3 aliphatic rings. The topological polar surface area (TPSA) is 75.5 Å². The first kappa shape index (κ1) is 15.5. The van der Waals surface area contributed by atoms with Crippen LogP contribution < -0.4 is 5.32 Å². The highest BCUT2D eigenvalue weighted by molar-refractivity contribution is 8.16. The number of aliphatic imine (C=N–C) groups is 2. The van der Waals surface area contributed by atoms with Gasteiger partial charge in [0, 0.05) is 37.6 Å². The molecule has 0 unspecified atom stereocenters. The number of nitrogens with one attached hydrogen (secondary N) is 1. The van der Waals surface area contributed by atoms with Crippen molar-refractivity contribution in [1.29, 1.82) is 0 Å². The Morgan fingerprint density at radius 2 is 2.23 bits per heavy atom. The fourth-order valence-electron chi connectivity index (χ4n) is 2.54. The zero-order valence-corrected chi connectivity index (χ0v) is 13.4. The molecule has 3 heterocycles. The Labute approximate surface area is 133 Å². The van der Waals surface area contributed by atoms with Gasteiger partial charge in [-0.3, -0.25) is 14.9 Å². The summed E-state index contributed by atoms with van der Waals surface area (Å²) in [5.41, 5.74) is 1.47. The molecule has 0 amide bonds. The van der Waals surface area contributed by atoms with Crippen LogP contribution in [0.15, 0.2) is 21.3 Å². The third-order valence-electron chi connectivity index (χ3n) is 3.73. The third-order valence-corrected chi connectivity index (χ3v) is 4.72. The van der Waals surface area contributed by atoms with E-state index in [0.717, 1.165) is 55.2 Å². The molecule has 7 nitrogen and oxygen atoms in total. The first-order valence-electron chi connectivity index (χ1n) is 7.37. The van der Waals surface area contributed by atoms with Gasteiger partial charge in [-0.1, -0.05) is 0 Å². The number of methoxy groups -OCH3 is 1. The van der Waals surface area contributed by atoms with E-state index >= 15 is 0 Å². The highest BCUT2D eigenvalue weighted by Gasteiger charge is 2.26. The summed E-state index contributed by atoms with van der Waals surface area (Å²) in [6.07, 6.45) is 0. The van der Waals surface area contributed by atoms with Crippen LogP contribution in [0.4, 0.5) is 0 Å². The van der Waals surface area contributed by atoms with Gasteiger partial charge in [0.1, 0.15) is 5.04 Å². The number of ether oxygens (including phenoxy) is 2. The summed E-state index contributed by atoms with van der Waals surface area (Å²) < 4.78 is 10.3. The van der Waals surface area contributed by atoms with Crippen LogP contribution in [0.5, 0.6) is 0 Å². The molecular weight excluding hydrogens is 304 g/mol. The van der Waals surface area contributed by atoms with Crippen molar-refractivity contribution >= 4 is 28.6 Å². The predicted octanol–water partition coefficient (Wildman–Crippen LogP) is -0.107. The normalized spacial score (nSPS) is 23.0. The molecule has 0 saturated carbocycles. The molecular formula is C14H20N4O3S. The van der Waals surface area contributed by atoms with Crippen molar-refractivity contribution in [3.05, 3.63) is 11.3 Å². The smallest absolute Gasteiger partial charge is 0.337 e. The minimum Gasteiger partial charge on any atom is -0.466 e. The first-order chi connectivity index (χ1) is 10.8. The van der Waals surface area contributed by atoms with Gasteiger partial charge in [-0.15, -0.1) is 11.8 Å². The van der Waals surface area contributed by atoms with E-state index in [4.69, 9.17) is 9.47 Å². The van der Waals surface area contributed by atoms with Gasteiger partial charge in [-0.25, -0.2) is 4.79 Å². The predicted molar refractivity (Wildman–Crippen MR) is 86.5 cm³/mol. The summed E-state index contributed by atoms with van der Waals surface area (Å²) in [5, 5.41) is 4.24. The molecule has 1 N–H and O–H groups in total. The van der Waals surface area contributed by atoms with Gasteiger partial charge in [0.25, 0.3) is 0 Å². The third kappa shape index (κ3) is 3.50. The maximum absolute atomic E-state index is 12.0.